The highest BCUT2D eigenvalue weighted by Crippen LogP contribution is 2.07. The monoisotopic (exact) mass is 202 g/mol. The number of hydrogen-bond acceptors (Lipinski definition) is 5. The minimum atomic E-state index is -0.306. The summed E-state index contributed by atoms with van der Waals surface area (Å²) in [5, 5.41) is 17.7. The van der Waals surface area contributed by atoms with Crippen LogP contribution in [0.4, 0.5) is 9.80 Å². The maximum atomic E-state index is 11.0. The van der Waals surface area contributed by atoms with Gasteiger partial charge in [-0.1, -0.05) is 4.49 Å². The Morgan fingerprint density at radius 1 is 1.69 bits per heavy atom. The van der Waals surface area contributed by atoms with Gasteiger partial charge in [0.15, 0.2) is 0 Å². The highest BCUT2D eigenvalue weighted by atomic mass is 32.1. The van der Waals surface area contributed by atoms with Crippen LogP contribution in [0.5, 0.6) is 0 Å². The Morgan fingerprint density at radius 3 is 3.15 bits per heavy atom. The number of aliphatic hydroxyl groups excluding tert-OH is 1. The predicted molar refractivity (Wildman–Crippen MR) is 48.6 cm³/mol. The zero-order valence-corrected chi connectivity index (χ0v) is 7.67. The first kappa shape index (κ1) is 9.87. The molecule has 0 saturated carbocycles. The first-order valence-electron chi connectivity index (χ1n) is 3.76. The first-order valence-corrected chi connectivity index (χ1v) is 4.53. The van der Waals surface area contributed by atoms with Crippen molar-refractivity contribution in [3.8, 4) is 0 Å². The Bertz CT molecular complexity index is 251. The number of hydrogen-bond donors (Lipinski definition) is 3. The van der Waals surface area contributed by atoms with Gasteiger partial charge in [-0.25, -0.2) is 4.79 Å². The van der Waals surface area contributed by atoms with Crippen LogP contribution in [0, 0.1) is 0 Å². The van der Waals surface area contributed by atoms with E-state index >= 15 is 0 Å². The minimum absolute atomic E-state index is 0.0718. The van der Waals surface area contributed by atoms with Crippen molar-refractivity contribution in [3.05, 3.63) is 6.20 Å². The van der Waals surface area contributed by atoms with Crippen molar-refractivity contribution < 1.29 is 9.90 Å². The van der Waals surface area contributed by atoms with E-state index in [1.54, 1.807) is 0 Å². The fourth-order valence-corrected chi connectivity index (χ4v) is 1.07. The van der Waals surface area contributed by atoms with Gasteiger partial charge in [0.2, 0.25) is 0 Å². The Balaban J connectivity index is 2.18. The van der Waals surface area contributed by atoms with E-state index in [4.69, 9.17) is 5.11 Å². The van der Waals surface area contributed by atoms with Crippen LogP contribution in [-0.2, 0) is 0 Å². The molecule has 0 aliphatic rings. The second-order valence-corrected chi connectivity index (χ2v) is 3.03. The van der Waals surface area contributed by atoms with Crippen molar-refractivity contribution >= 4 is 22.6 Å². The molecule has 0 aromatic carbocycles. The number of rotatable bonds is 4. The lowest BCUT2D eigenvalue weighted by molar-refractivity contribution is 0.249. The van der Waals surface area contributed by atoms with Gasteiger partial charge in [0.25, 0.3) is 0 Å². The minimum Gasteiger partial charge on any atom is -0.396 e. The van der Waals surface area contributed by atoms with Crippen LogP contribution in [0.1, 0.15) is 6.42 Å². The molecule has 3 N–H and O–H groups in total. The molecule has 72 valence electrons. The molecule has 1 heterocycles. The fraction of sp³-hybridized carbons (Fsp3) is 0.500. The highest BCUT2D eigenvalue weighted by molar-refractivity contribution is 7.10. The molecule has 13 heavy (non-hydrogen) atoms. The molecule has 0 unspecified atom stereocenters. The van der Waals surface area contributed by atoms with E-state index in [0.29, 0.717) is 18.0 Å². The molecule has 7 heteroatoms. The van der Waals surface area contributed by atoms with E-state index in [-0.39, 0.29) is 12.6 Å². The number of aliphatic hydroxyl groups is 1. The van der Waals surface area contributed by atoms with Gasteiger partial charge in [-0.05, 0) is 6.42 Å². The van der Waals surface area contributed by atoms with Crippen LogP contribution in [0.3, 0.4) is 0 Å². The van der Waals surface area contributed by atoms with Crippen LogP contribution in [0.2, 0.25) is 0 Å². The first-order chi connectivity index (χ1) is 6.33. The van der Waals surface area contributed by atoms with Crippen LogP contribution < -0.4 is 10.6 Å². The number of carbonyl (C=O) groups is 1. The SMILES string of the molecule is O=C(NCCCO)Nc1cnns1. The van der Waals surface area contributed by atoms with Crippen molar-refractivity contribution in [2.24, 2.45) is 0 Å². The van der Waals surface area contributed by atoms with Gasteiger partial charge in [-0.15, -0.1) is 5.10 Å². The predicted octanol–water partition coefficient (Wildman–Crippen LogP) is 0.0420. The lowest BCUT2D eigenvalue weighted by atomic mass is 10.4. The number of amides is 2. The van der Waals surface area contributed by atoms with Gasteiger partial charge < -0.3 is 10.4 Å². The summed E-state index contributed by atoms with van der Waals surface area (Å²) in [4.78, 5) is 11.0. The van der Waals surface area contributed by atoms with Crippen molar-refractivity contribution in [1.29, 1.82) is 0 Å². The molecular weight excluding hydrogens is 192 g/mol. The van der Waals surface area contributed by atoms with E-state index in [0.717, 1.165) is 11.5 Å². The zero-order valence-electron chi connectivity index (χ0n) is 6.86. The van der Waals surface area contributed by atoms with Gasteiger partial charge in [-0.2, -0.15) is 0 Å². The van der Waals surface area contributed by atoms with Gasteiger partial charge in [-0.3, -0.25) is 5.32 Å². The zero-order chi connectivity index (χ0) is 9.52. The molecule has 0 atom stereocenters. The topological polar surface area (TPSA) is 87.1 Å². The van der Waals surface area contributed by atoms with Crippen LogP contribution >= 0.6 is 11.5 Å². The maximum Gasteiger partial charge on any atom is 0.319 e. The third-order valence-corrected chi connectivity index (χ3v) is 1.80. The second kappa shape index (κ2) is 5.44. The highest BCUT2D eigenvalue weighted by Gasteiger charge is 2.01. The molecule has 0 radical (unpaired) electrons. The van der Waals surface area contributed by atoms with Gasteiger partial charge in [0.05, 0.1) is 6.20 Å². The Kier molecular flexibility index (Phi) is 4.13. The molecule has 0 bridgehead atoms. The molecule has 0 fully saturated rings. The third-order valence-electron chi connectivity index (χ3n) is 1.22. The molecule has 0 spiro atoms. The van der Waals surface area contributed by atoms with Crippen LogP contribution in [0.15, 0.2) is 6.20 Å². The van der Waals surface area contributed by atoms with E-state index in [1.807, 2.05) is 0 Å². The van der Waals surface area contributed by atoms with Crippen LogP contribution in [0.25, 0.3) is 0 Å². The van der Waals surface area contributed by atoms with Gasteiger partial charge >= 0.3 is 6.03 Å². The number of carbonyl (C=O) groups excluding carboxylic acids is 1. The van der Waals surface area contributed by atoms with Gasteiger partial charge in [0, 0.05) is 24.7 Å². The average Bonchev–Trinajstić information content (AvgIpc) is 2.57. The summed E-state index contributed by atoms with van der Waals surface area (Å²) in [7, 11) is 0. The lowest BCUT2D eigenvalue weighted by Gasteiger charge is -2.02. The smallest absolute Gasteiger partial charge is 0.319 e. The normalized spacial score (nSPS) is 9.62. The van der Waals surface area contributed by atoms with Crippen molar-refractivity contribution in [1.82, 2.24) is 14.9 Å². The molecule has 6 nitrogen and oxygen atoms in total. The number of urea groups is 1. The average molecular weight is 202 g/mol. The number of aromatic nitrogens is 2. The molecule has 1 aromatic rings. The van der Waals surface area contributed by atoms with E-state index in [1.165, 1.54) is 6.20 Å². The molecule has 1 aromatic heterocycles. The van der Waals surface area contributed by atoms with E-state index in [2.05, 4.69) is 20.2 Å². The number of nitrogens with one attached hydrogen (secondary N) is 2. The summed E-state index contributed by atoms with van der Waals surface area (Å²) in [5.74, 6) is 0. The largest absolute Gasteiger partial charge is 0.396 e. The molecular formula is C6H10N4O2S. The van der Waals surface area contributed by atoms with Crippen molar-refractivity contribution in [3.63, 3.8) is 0 Å². The van der Waals surface area contributed by atoms with E-state index in [9.17, 15) is 4.79 Å². The molecule has 0 aliphatic heterocycles. The summed E-state index contributed by atoms with van der Waals surface area (Å²) in [6.07, 6.45) is 2.02. The standard InChI is InChI=1S/C6H10N4O2S/c11-3-1-2-7-6(12)9-5-4-8-10-13-5/h4,11H,1-3H2,(H2,7,9,12). The maximum absolute atomic E-state index is 11.0. The summed E-state index contributed by atoms with van der Waals surface area (Å²) < 4.78 is 3.58. The number of anilines is 1. The molecule has 1 rings (SSSR count). The molecule has 0 saturated heterocycles. The lowest BCUT2D eigenvalue weighted by Crippen LogP contribution is -2.29. The molecule has 2 amide bonds. The van der Waals surface area contributed by atoms with Gasteiger partial charge in [0.1, 0.15) is 5.00 Å². The summed E-state index contributed by atoms with van der Waals surface area (Å²) in [6, 6.07) is -0.306. The van der Waals surface area contributed by atoms with Crippen LogP contribution in [-0.4, -0.2) is 33.9 Å². The summed E-state index contributed by atoms with van der Waals surface area (Å²) in [6.45, 7) is 0.525. The summed E-state index contributed by atoms with van der Waals surface area (Å²) in [5.41, 5.74) is 0. The second-order valence-electron chi connectivity index (χ2n) is 2.24. The Hall–Kier alpha value is -1.21. The quantitative estimate of drug-likeness (QED) is 0.602. The van der Waals surface area contributed by atoms with Crippen molar-refractivity contribution in [2.75, 3.05) is 18.5 Å². The third kappa shape index (κ3) is 3.81. The van der Waals surface area contributed by atoms with E-state index < -0.39 is 0 Å². The number of nitrogens with zero attached hydrogens (tertiary/aromatic N) is 2. The Labute approximate surface area is 79.1 Å². The van der Waals surface area contributed by atoms with Crippen molar-refractivity contribution in [2.45, 2.75) is 6.42 Å². The molecule has 0 aliphatic carbocycles. The summed E-state index contributed by atoms with van der Waals surface area (Å²) >= 11 is 1.11. The fourth-order valence-electron chi connectivity index (χ4n) is 0.659. The Morgan fingerprint density at radius 2 is 2.54 bits per heavy atom.